The predicted molar refractivity (Wildman–Crippen MR) is 102 cm³/mol. The van der Waals surface area contributed by atoms with Gasteiger partial charge in [0, 0.05) is 5.02 Å². The molecule has 0 unspecified atom stereocenters. The monoisotopic (exact) mass is 389 g/mol. The van der Waals surface area contributed by atoms with Crippen LogP contribution in [0.3, 0.4) is 0 Å². The summed E-state index contributed by atoms with van der Waals surface area (Å²) in [5.74, 6) is -0.605. The molecule has 134 valence electrons. The largest absolute Gasteiger partial charge is 0.265 e. The Kier molecular flexibility index (Phi) is 5.30. The Morgan fingerprint density at radius 2 is 1.58 bits per heavy atom. The maximum atomic E-state index is 14.4. The molecule has 0 saturated heterocycles. The fraction of sp³-hybridized carbons (Fsp3) is 0.100. The molecule has 0 atom stereocenters. The minimum absolute atomic E-state index is 0.00396. The van der Waals surface area contributed by atoms with E-state index in [0.717, 1.165) is 9.87 Å². The smallest absolute Gasteiger partial charge is 0.259 e. The second-order valence-electron chi connectivity index (χ2n) is 5.81. The minimum atomic E-state index is -4.02. The molecule has 0 aliphatic rings. The first-order chi connectivity index (χ1) is 12.4. The third kappa shape index (κ3) is 3.59. The maximum Gasteiger partial charge on any atom is 0.265 e. The van der Waals surface area contributed by atoms with Gasteiger partial charge in [-0.15, -0.1) is 0 Å². The molecule has 0 aromatic heterocycles. The first-order valence-corrected chi connectivity index (χ1v) is 9.79. The molecule has 0 amide bonds. The van der Waals surface area contributed by atoms with Crippen LogP contribution in [-0.2, 0) is 16.6 Å². The number of hydrogen-bond acceptors (Lipinski definition) is 2. The van der Waals surface area contributed by atoms with Crippen molar-refractivity contribution in [3.05, 3.63) is 94.8 Å². The number of rotatable bonds is 5. The van der Waals surface area contributed by atoms with Gasteiger partial charge in [0.2, 0.25) is 0 Å². The molecule has 3 rings (SSSR count). The summed E-state index contributed by atoms with van der Waals surface area (Å²) in [6, 6.07) is 19.6. The molecule has 0 bridgehead atoms. The van der Waals surface area contributed by atoms with Crippen molar-refractivity contribution in [3.63, 3.8) is 0 Å². The number of anilines is 1. The number of sulfonamides is 1. The molecule has 26 heavy (non-hydrogen) atoms. The van der Waals surface area contributed by atoms with Crippen molar-refractivity contribution in [2.45, 2.75) is 18.4 Å². The van der Waals surface area contributed by atoms with Gasteiger partial charge < -0.3 is 0 Å². The molecule has 3 nitrogen and oxygen atoms in total. The molecule has 0 N–H and O–H groups in total. The highest BCUT2D eigenvalue weighted by Gasteiger charge is 2.29. The number of halogens is 2. The van der Waals surface area contributed by atoms with Crippen LogP contribution in [0.25, 0.3) is 0 Å². The molecule has 0 aliphatic heterocycles. The standard InChI is InChI=1S/C20H17ClFNO2S/c1-15-17(21)10-7-13-20(15)26(24,25)23(14-16-8-3-2-4-9-16)19-12-6-5-11-18(19)22/h2-13H,14H2,1H3. The molecule has 0 spiro atoms. The zero-order chi connectivity index (χ0) is 18.7. The lowest BCUT2D eigenvalue weighted by Crippen LogP contribution is -2.31. The van der Waals surface area contributed by atoms with E-state index < -0.39 is 15.8 Å². The quantitative estimate of drug-likeness (QED) is 0.602. The van der Waals surface area contributed by atoms with Crippen molar-refractivity contribution in [3.8, 4) is 0 Å². The number of para-hydroxylation sites is 1. The second kappa shape index (κ2) is 7.48. The van der Waals surface area contributed by atoms with Crippen LogP contribution < -0.4 is 4.31 Å². The Morgan fingerprint density at radius 3 is 2.27 bits per heavy atom. The summed E-state index contributed by atoms with van der Waals surface area (Å²) in [4.78, 5) is 0.0594. The predicted octanol–water partition coefficient (Wildman–Crippen LogP) is 5.18. The summed E-state index contributed by atoms with van der Waals surface area (Å²) in [7, 11) is -4.02. The number of hydrogen-bond donors (Lipinski definition) is 0. The van der Waals surface area contributed by atoms with Gasteiger partial charge >= 0.3 is 0 Å². The first-order valence-electron chi connectivity index (χ1n) is 7.97. The van der Waals surface area contributed by atoms with Crippen LogP contribution in [-0.4, -0.2) is 8.42 Å². The van der Waals surface area contributed by atoms with Crippen molar-refractivity contribution in [1.29, 1.82) is 0 Å². The van der Waals surface area contributed by atoms with E-state index in [1.807, 2.05) is 18.2 Å². The molecule has 0 saturated carbocycles. The van der Waals surface area contributed by atoms with E-state index in [4.69, 9.17) is 11.6 Å². The van der Waals surface area contributed by atoms with E-state index >= 15 is 0 Å². The Balaban J connectivity index is 2.17. The molecular formula is C20H17ClFNO2S. The third-order valence-corrected chi connectivity index (χ3v) is 6.39. The van der Waals surface area contributed by atoms with Crippen LogP contribution in [0.2, 0.25) is 5.02 Å². The van der Waals surface area contributed by atoms with Gasteiger partial charge in [0.15, 0.2) is 0 Å². The zero-order valence-corrected chi connectivity index (χ0v) is 15.6. The fourth-order valence-electron chi connectivity index (χ4n) is 2.69. The highest BCUT2D eigenvalue weighted by atomic mass is 35.5. The normalized spacial score (nSPS) is 11.3. The van der Waals surface area contributed by atoms with E-state index in [-0.39, 0.29) is 17.1 Å². The van der Waals surface area contributed by atoms with Gasteiger partial charge in [0.1, 0.15) is 5.82 Å². The van der Waals surface area contributed by atoms with E-state index in [9.17, 15) is 12.8 Å². The van der Waals surface area contributed by atoms with Crippen LogP contribution in [0.1, 0.15) is 11.1 Å². The second-order valence-corrected chi connectivity index (χ2v) is 8.05. The van der Waals surface area contributed by atoms with Crippen molar-refractivity contribution in [2.24, 2.45) is 0 Å². The highest BCUT2D eigenvalue weighted by Crippen LogP contribution is 2.31. The molecule has 0 fully saturated rings. The van der Waals surface area contributed by atoms with E-state index in [2.05, 4.69) is 0 Å². The van der Waals surface area contributed by atoms with Gasteiger partial charge in [-0.25, -0.2) is 12.8 Å². The minimum Gasteiger partial charge on any atom is -0.259 e. The van der Waals surface area contributed by atoms with Crippen LogP contribution in [0.4, 0.5) is 10.1 Å². The van der Waals surface area contributed by atoms with Gasteiger partial charge in [0.05, 0.1) is 17.1 Å². The maximum absolute atomic E-state index is 14.4. The van der Waals surface area contributed by atoms with Gasteiger partial charge in [-0.05, 0) is 42.3 Å². The number of benzene rings is 3. The van der Waals surface area contributed by atoms with Gasteiger partial charge in [0.25, 0.3) is 10.0 Å². The molecule has 0 radical (unpaired) electrons. The van der Waals surface area contributed by atoms with Crippen molar-refractivity contribution >= 4 is 27.3 Å². The van der Waals surface area contributed by atoms with Gasteiger partial charge in [-0.1, -0.05) is 60.1 Å². The van der Waals surface area contributed by atoms with Crippen molar-refractivity contribution in [1.82, 2.24) is 0 Å². The molecule has 3 aromatic rings. The lowest BCUT2D eigenvalue weighted by atomic mass is 10.2. The third-order valence-electron chi connectivity index (χ3n) is 4.08. The Morgan fingerprint density at radius 1 is 0.923 bits per heavy atom. The summed E-state index contributed by atoms with van der Waals surface area (Å²) in [5, 5.41) is 0.347. The van der Waals surface area contributed by atoms with E-state index in [1.165, 1.54) is 24.3 Å². The highest BCUT2D eigenvalue weighted by molar-refractivity contribution is 7.92. The first kappa shape index (κ1) is 18.4. The van der Waals surface area contributed by atoms with Crippen LogP contribution in [0, 0.1) is 12.7 Å². The van der Waals surface area contributed by atoms with Crippen LogP contribution in [0.15, 0.2) is 77.7 Å². The lowest BCUT2D eigenvalue weighted by Gasteiger charge is -2.26. The van der Waals surface area contributed by atoms with Gasteiger partial charge in [-0.2, -0.15) is 0 Å². The summed E-state index contributed by atoms with van der Waals surface area (Å²) in [6.45, 7) is 1.65. The van der Waals surface area contributed by atoms with Gasteiger partial charge in [-0.3, -0.25) is 4.31 Å². The summed E-state index contributed by atoms with van der Waals surface area (Å²) >= 11 is 6.11. The zero-order valence-electron chi connectivity index (χ0n) is 14.1. The van der Waals surface area contributed by atoms with E-state index in [1.54, 1.807) is 37.3 Å². The average Bonchev–Trinajstić information content (AvgIpc) is 2.63. The molecule has 0 heterocycles. The lowest BCUT2D eigenvalue weighted by molar-refractivity contribution is 0.584. The Labute approximate surface area is 157 Å². The average molecular weight is 390 g/mol. The SMILES string of the molecule is Cc1c(Cl)cccc1S(=O)(=O)N(Cc1ccccc1)c1ccccc1F. The molecular weight excluding hydrogens is 373 g/mol. The summed E-state index contributed by atoms with van der Waals surface area (Å²) < 4.78 is 42.2. The fourth-order valence-corrected chi connectivity index (χ4v) is 4.63. The molecule has 6 heteroatoms. The van der Waals surface area contributed by atoms with Crippen LogP contribution in [0.5, 0.6) is 0 Å². The summed E-state index contributed by atoms with van der Waals surface area (Å²) in [6.07, 6.45) is 0. The topological polar surface area (TPSA) is 37.4 Å². The molecule has 3 aromatic carbocycles. The van der Waals surface area contributed by atoms with Crippen molar-refractivity contribution < 1.29 is 12.8 Å². The number of nitrogens with zero attached hydrogens (tertiary/aromatic N) is 1. The molecule has 0 aliphatic carbocycles. The van der Waals surface area contributed by atoms with Crippen LogP contribution >= 0.6 is 11.6 Å². The summed E-state index contributed by atoms with van der Waals surface area (Å²) in [5.41, 5.74) is 1.18. The Hall–Kier alpha value is -2.37. The van der Waals surface area contributed by atoms with E-state index in [0.29, 0.717) is 10.6 Å². The van der Waals surface area contributed by atoms with Crippen molar-refractivity contribution in [2.75, 3.05) is 4.31 Å². The Bertz CT molecular complexity index is 1020.